The zero-order valence-electron chi connectivity index (χ0n) is 12.7. The minimum absolute atomic E-state index is 0.00876. The molecule has 1 aliphatic rings. The summed E-state index contributed by atoms with van der Waals surface area (Å²) < 4.78 is 6.01. The molecule has 0 aliphatic carbocycles. The second-order valence-electron chi connectivity index (χ2n) is 4.96. The molecule has 2 rings (SSSR count). The van der Waals surface area contributed by atoms with Gasteiger partial charge in [-0.3, -0.25) is 9.59 Å². The highest BCUT2D eigenvalue weighted by atomic mass is 32.2. The molecule has 1 fully saturated rings. The number of rotatable bonds is 6. The van der Waals surface area contributed by atoms with E-state index in [4.69, 9.17) is 4.74 Å². The summed E-state index contributed by atoms with van der Waals surface area (Å²) in [6.07, 6.45) is 0. The molecular weight excluding hydrogens is 320 g/mol. The lowest BCUT2D eigenvalue weighted by Gasteiger charge is -2.15. The van der Waals surface area contributed by atoms with Crippen molar-refractivity contribution in [2.75, 3.05) is 38.8 Å². The number of carbonyl (C=O) groups is 2. The molecular formula is C15H20N2O3S2. The van der Waals surface area contributed by atoms with E-state index < -0.39 is 0 Å². The van der Waals surface area contributed by atoms with Crippen LogP contribution in [0.3, 0.4) is 0 Å². The second-order valence-corrected chi connectivity index (χ2v) is 7.69. The molecule has 1 aliphatic heterocycles. The first-order valence-corrected chi connectivity index (χ1v) is 9.09. The molecule has 1 saturated heterocycles. The van der Waals surface area contributed by atoms with Gasteiger partial charge in [-0.25, -0.2) is 0 Å². The van der Waals surface area contributed by atoms with Gasteiger partial charge in [0.2, 0.25) is 5.91 Å². The van der Waals surface area contributed by atoms with Crippen LogP contribution in [-0.2, 0) is 9.59 Å². The van der Waals surface area contributed by atoms with Crippen LogP contribution in [0.25, 0.3) is 0 Å². The van der Waals surface area contributed by atoms with Crippen LogP contribution < -0.4 is 10.1 Å². The van der Waals surface area contributed by atoms with Crippen molar-refractivity contribution in [3.8, 4) is 5.75 Å². The van der Waals surface area contributed by atoms with E-state index in [1.165, 1.54) is 4.90 Å². The molecule has 1 aromatic carbocycles. The Labute approximate surface area is 139 Å². The number of carbonyl (C=O) groups excluding carboxylic acids is 2. The van der Waals surface area contributed by atoms with E-state index in [0.717, 1.165) is 22.8 Å². The molecule has 0 radical (unpaired) electrons. The van der Waals surface area contributed by atoms with Gasteiger partial charge in [0.05, 0.1) is 11.1 Å². The lowest BCUT2D eigenvalue weighted by molar-refractivity contribution is -0.131. The van der Waals surface area contributed by atoms with Crippen LogP contribution in [0.1, 0.15) is 10.1 Å². The molecule has 0 spiro atoms. The lowest BCUT2D eigenvalue weighted by Crippen LogP contribution is -2.38. The Morgan fingerprint density at radius 2 is 1.95 bits per heavy atom. The number of benzene rings is 1. The van der Waals surface area contributed by atoms with E-state index in [1.807, 2.05) is 47.8 Å². The molecule has 22 heavy (non-hydrogen) atoms. The van der Waals surface area contributed by atoms with Crippen molar-refractivity contribution < 1.29 is 14.3 Å². The fourth-order valence-electron chi connectivity index (χ4n) is 1.87. The minimum Gasteiger partial charge on any atom is -0.483 e. The topological polar surface area (TPSA) is 58.6 Å². The summed E-state index contributed by atoms with van der Waals surface area (Å²) in [7, 11) is 3.30. The first-order chi connectivity index (χ1) is 10.6. The number of nitrogens with one attached hydrogen (secondary N) is 1. The second kappa shape index (κ2) is 8.33. The van der Waals surface area contributed by atoms with Gasteiger partial charge in [-0.05, 0) is 6.07 Å². The maximum atomic E-state index is 11.8. The SMILES string of the molecule is CN(C)C(=O)CNC(=O)COc1ccccc1C1SCCS1. The van der Waals surface area contributed by atoms with Crippen molar-refractivity contribution in [2.24, 2.45) is 0 Å². The summed E-state index contributed by atoms with van der Waals surface area (Å²) in [5.74, 6) is 2.57. The van der Waals surface area contributed by atoms with E-state index in [9.17, 15) is 9.59 Å². The van der Waals surface area contributed by atoms with E-state index >= 15 is 0 Å². The Morgan fingerprint density at radius 3 is 2.64 bits per heavy atom. The van der Waals surface area contributed by atoms with E-state index in [0.29, 0.717) is 4.58 Å². The smallest absolute Gasteiger partial charge is 0.258 e. The molecule has 1 aromatic rings. The molecule has 7 heteroatoms. The number of nitrogens with zero attached hydrogens (tertiary/aromatic N) is 1. The van der Waals surface area contributed by atoms with Gasteiger partial charge in [0, 0.05) is 31.2 Å². The third kappa shape index (κ3) is 4.84. The van der Waals surface area contributed by atoms with Crippen LogP contribution in [0.15, 0.2) is 24.3 Å². The minimum atomic E-state index is -0.295. The summed E-state index contributed by atoms with van der Waals surface area (Å²) in [4.78, 5) is 24.6. The quantitative estimate of drug-likeness (QED) is 0.855. The van der Waals surface area contributed by atoms with Crippen molar-refractivity contribution >= 4 is 35.3 Å². The lowest BCUT2D eigenvalue weighted by atomic mass is 10.2. The largest absolute Gasteiger partial charge is 0.483 e. The van der Waals surface area contributed by atoms with Gasteiger partial charge in [-0.2, -0.15) is 0 Å². The van der Waals surface area contributed by atoms with Gasteiger partial charge in [0.25, 0.3) is 5.91 Å². The predicted octanol–water partition coefficient (Wildman–Crippen LogP) is 1.75. The van der Waals surface area contributed by atoms with Gasteiger partial charge in [0.15, 0.2) is 6.61 Å². The highest BCUT2D eigenvalue weighted by Crippen LogP contribution is 2.48. The molecule has 0 aromatic heterocycles. The van der Waals surface area contributed by atoms with Crippen molar-refractivity contribution in [3.05, 3.63) is 29.8 Å². The number of thioether (sulfide) groups is 2. The molecule has 0 unspecified atom stereocenters. The number of amides is 2. The van der Waals surface area contributed by atoms with Gasteiger partial charge in [0.1, 0.15) is 5.75 Å². The number of ether oxygens (including phenoxy) is 1. The van der Waals surface area contributed by atoms with Gasteiger partial charge >= 0.3 is 0 Å². The normalized spacial score (nSPS) is 14.6. The number of hydrogen-bond acceptors (Lipinski definition) is 5. The third-order valence-corrected chi connectivity index (χ3v) is 6.16. The fourth-order valence-corrected chi connectivity index (χ4v) is 4.78. The highest BCUT2D eigenvalue weighted by molar-refractivity contribution is 8.19. The van der Waals surface area contributed by atoms with Crippen LogP contribution in [0, 0.1) is 0 Å². The summed E-state index contributed by atoms with van der Waals surface area (Å²) in [6.45, 7) is -0.0923. The van der Waals surface area contributed by atoms with Crippen molar-refractivity contribution in [1.29, 1.82) is 0 Å². The Balaban J connectivity index is 1.86. The summed E-state index contributed by atoms with van der Waals surface area (Å²) in [6, 6.07) is 7.81. The number of para-hydroxylation sites is 1. The molecule has 5 nitrogen and oxygen atoms in total. The molecule has 120 valence electrons. The van der Waals surface area contributed by atoms with Crippen molar-refractivity contribution in [1.82, 2.24) is 10.2 Å². The molecule has 1 heterocycles. The highest BCUT2D eigenvalue weighted by Gasteiger charge is 2.21. The average Bonchev–Trinajstić information content (AvgIpc) is 3.04. The molecule has 0 saturated carbocycles. The Bertz CT molecular complexity index is 531. The zero-order valence-corrected chi connectivity index (χ0v) is 14.3. The van der Waals surface area contributed by atoms with Crippen LogP contribution in [0.4, 0.5) is 0 Å². The number of likely N-dealkylation sites (N-methyl/N-ethyl adjacent to an activating group) is 1. The maximum absolute atomic E-state index is 11.8. The summed E-state index contributed by atoms with van der Waals surface area (Å²) >= 11 is 3.79. The fraction of sp³-hybridized carbons (Fsp3) is 0.467. The summed E-state index contributed by atoms with van der Waals surface area (Å²) in [5, 5.41) is 2.56. The third-order valence-electron chi connectivity index (χ3n) is 3.09. The first-order valence-electron chi connectivity index (χ1n) is 6.99. The van der Waals surface area contributed by atoms with E-state index in [-0.39, 0.29) is 25.0 Å². The Hall–Kier alpha value is -1.34. The number of hydrogen-bond donors (Lipinski definition) is 1. The standard InChI is InChI=1S/C15H20N2O3S2/c1-17(2)14(19)9-16-13(18)10-20-12-6-4-3-5-11(12)15-21-7-8-22-15/h3-6,15H,7-10H2,1-2H3,(H,16,18). The van der Waals surface area contributed by atoms with E-state index in [2.05, 4.69) is 5.32 Å². The predicted molar refractivity (Wildman–Crippen MR) is 91.3 cm³/mol. The van der Waals surface area contributed by atoms with Crippen LogP contribution >= 0.6 is 23.5 Å². The molecule has 0 atom stereocenters. The van der Waals surface area contributed by atoms with Gasteiger partial charge < -0.3 is 15.0 Å². The Morgan fingerprint density at radius 1 is 1.27 bits per heavy atom. The van der Waals surface area contributed by atoms with Crippen LogP contribution in [-0.4, -0.2) is 55.5 Å². The zero-order chi connectivity index (χ0) is 15.9. The van der Waals surface area contributed by atoms with Crippen molar-refractivity contribution in [2.45, 2.75) is 4.58 Å². The van der Waals surface area contributed by atoms with E-state index in [1.54, 1.807) is 14.1 Å². The summed E-state index contributed by atoms with van der Waals surface area (Å²) in [5.41, 5.74) is 1.12. The molecule has 0 bridgehead atoms. The monoisotopic (exact) mass is 340 g/mol. The average molecular weight is 340 g/mol. The van der Waals surface area contributed by atoms with Crippen molar-refractivity contribution in [3.63, 3.8) is 0 Å². The molecule has 1 N–H and O–H groups in total. The van der Waals surface area contributed by atoms with Gasteiger partial charge in [-0.1, -0.05) is 18.2 Å². The molecule has 2 amide bonds. The van der Waals surface area contributed by atoms with Crippen LogP contribution in [0.2, 0.25) is 0 Å². The van der Waals surface area contributed by atoms with Gasteiger partial charge in [-0.15, -0.1) is 23.5 Å². The first kappa shape index (κ1) is 17.0. The maximum Gasteiger partial charge on any atom is 0.258 e. The Kier molecular flexibility index (Phi) is 6.45. The van der Waals surface area contributed by atoms with Crippen LogP contribution in [0.5, 0.6) is 5.75 Å².